The number of carbonyl (C=O) groups excluding carboxylic acids is 1. The standard InChI is InChI=1S/C12H14N2O3/c13-10(5-12(14)16)8-3-7-4-9(15)1-2-11(7)17-6-8/h1-2,4,6,10,15H,3,5,13H2,(H2,14,16). The van der Waals surface area contributed by atoms with E-state index in [4.69, 9.17) is 16.2 Å². The van der Waals surface area contributed by atoms with Crippen molar-refractivity contribution in [1.29, 1.82) is 0 Å². The first-order valence-electron chi connectivity index (χ1n) is 5.27. The van der Waals surface area contributed by atoms with E-state index in [9.17, 15) is 9.90 Å². The maximum atomic E-state index is 10.8. The number of benzene rings is 1. The summed E-state index contributed by atoms with van der Waals surface area (Å²) in [7, 11) is 0. The number of fused-ring (bicyclic) bond motifs is 1. The number of rotatable bonds is 3. The van der Waals surface area contributed by atoms with Crippen molar-refractivity contribution in [2.45, 2.75) is 18.9 Å². The Labute approximate surface area is 98.7 Å². The fraction of sp³-hybridized carbons (Fsp3) is 0.250. The van der Waals surface area contributed by atoms with Gasteiger partial charge in [-0.3, -0.25) is 4.79 Å². The Morgan fingerprint density at radius 2 is 2.29 bits per heavy atom. The summed E-state index contributed by atoms with van der Waals surface area (Å²) in [4.78, 5) is 10.8. The average molecular weight is 234 g/mol. The number of ether oxygens (including phenoxy) is 1. The lowest BCUT2D eigenvalue weighted by Crippen LogP contribution is -2.31. The van der Waals surface area contributed by atoms with Gasteiger partial charge >= 0.3 is 0 Å². The van der Waals surface area contributed by atoms with Crippen molar-refractivity contribution >= 4 is 5.91 Å². The second-order valence-corrected chi connectivity index (χ2v) is 4.06. The van der Waals surface area contributed by atoms with E-state index in [1.54, 1.807) is 24.5 Å². The van der Waals surface area contributed by atoms with E-state index >= 15 is 0 Å². The van der Waals surface area contributed by atoms with Gasteiger partial charge in [0, 0.05) is 24.4 Å². The number of primary amides is 1. The van der Waals surface area contributed by atoms with Crippen LogP contribution in [0.25, 0.3) is 0 Å². The zero-order valence-corrected chi connectivity index (χ0v) is 9.22. The Bertz CT molecular complexity index is 483. The molecule has 1 aliphatic rings. The second-order valence-electron chi connectivity index (χ2n) is 4.06. The summed E-state index contributed by atoms with van der Waals surface area (Å²) in [5.74, 6) is 0.426. The molecule has 1 unspecified atom stereocenters. The zero-order chi connectivity index (χ0) is 12.4. The number of nitrogens with two attached hydrogens (primary N) is 2. The Morgan fingerprint density at radius 1 is 1.53 bits per heavy atom. The highest BCUT2D eigenvalue weighted by atomic mass is 16.5. The molecular formula is C12H14N2O3. The van der Waals surface area contributed by atoms with E-state index in [1.165, 1.54) is 0 Å². The van der Waals surface area contributed by atoms with Gasteiger partial charge in [0.2, 0.25) is 5.91 Å². The summed E-state index contributed by atoms with van der Waals surface area (Å²) in [5, 5.41) is 9.38. The van der Waals surface area contributed by atoms with E-state index in [-0.39, 0.29) is 12.2 Å². The van der Waals surface area contributed by atoms with Gasteiger partial charge in [0.1, 0.15) is 11.5 Å². The Balaban J connectivity index is 2.15. The summed E-state index contributed by atoms with van der Waals surface area (Å²) in [6, 6.07) is 4.43. The molecular weight excluding hydrogens is 220 g/mol. The first-order valence-corrected chi connectivity index (χ1v) is 5.27. The van der Waals surface area contributed by atoms with Gasteiger partial charge in [0.25, 0.3) is 0 Å². The van der Waals surface area contributed by atoms with E-state index in [2.05, 4.69) is 0 Å². The number of phenolic OH excluding ortho intramolecular Hbond substituents is 1. The molecule has 0 aromatic heterocycles. The normalized spacial score (nSPS) is 15.5. The molecule has 0 saturated carbocycles. The summed E-state index contributed by atoms with van der Waals surface area (Å²) in [6.45, 7) is 0. The lowest BCUT2D eigenvalue weighted by Gasteiger charge is -2.21. The molecule has 5 nitrogen and oxygen atoms in total. The van der Waals surface area contributed by atoms with Crippen LogP contribution in [0.2, 0.25) is 0 Å². The quantitative estimate of drug-likeness (QED) is 0.705. The van der Waals surface area contributed by atoms with E-state index < -0.39 is 11.9 Å². The van der Waals surface area contributed by atoms with Crippen LogP contribution in [0.5, 0.6) is 11.5 Å². The van der Waals surface area contributed by atoms with Crippen LogP contribution in [0.1, 0.15) is 12.0 Å². The highest BCUT2D eigenvalue weighted by Crippen LogP contribution is 2.30. The fourth-order valence-electron chi connectivity index (χ4n) is 1.79. The maximum Gasteiger partial charge on any atom is 0.219 e. The van der Waals surface area contributed by atoms with Crippen LogP contribution in [0.15, 0.2) is 30.0 Å². The number of phenols is 1. The van der Waals surface area contributed by atoms with Crippen LogP contribution in [0.4, 0.5) is 0 Å². The highest BCUT2D eigenvalue weighted by molar-refractivity contribution is 5.75. The van der Waals surface area contributed by atoms with Crippen molar-refractivity contribution in [2.75, 3.05) is 0 Å². The number of aromatic hydroxyl groups is 1. The molecule has 0 spiro atoms. The van der Waals surface area contributed by atoms with E-state index in [1.807, 2.05) is 0 Å². The Morgan fingerprint density at radius 3 is 3.00 bits per heavy atom. The third-order valence-corrected chi connectivity index (χ3v) is 2.67. The van der Waals surface area contributed by atoms with Gasteiger partial charge in [-0.1, -0.05) is 0 Å². The van der Waals surface area contributed by atoms with Crippen molar-refractivity contribution in [3.05, 3.63) is 35.6 Å². The molecule has 17 heavy (non-hydrogen) atoms. The molecule has 90 valence electrons. The molecule has 0 radical (unpaired) electrons. The predicted molar refractivity (Wildman–Crippen MR) is 62.3 cm³/mol. The minimum absolute atomic E-state index is 0.0866. The molecule has 1 aromatic carbocycles. The zero-order valence-electron chi connectivity index (χ0n) is 9.22. The number of amides is 1. The third kappa shape index (κ3) is 2.57. The molecule has 5 heteroatoms. The fourth-order valence-corrected chi connectivity index (χ4v) is 1.79. The molecule has 1 aliphatic heterocycles. The SMILES string of the molecule is NC(=O)CC(N)C1=COc2ccc(O)cc2C1. The number of carbonyl (C=O) groups is 1. The third-order valence-electron chi connectivity index (χ3n) is 2.67. The van der Waals surface area contributed by atoms with Gasteiger partial charge in [-0.15, -0.1) is 0 Å². The summed E-state index contributed by atoms with van der Waals surface area (Å²) < 4.78 is 5.39. The Kier molecular flexibility index (Phi) is 3.01. The molecule has 0 bridgehead atoms. The predicted octanol–water partition coefficient (Wildman–Crippen LogP) is 0.414. The number of hydrogen-bond acceptors (Lipinski definition) is 4. The largest absolute Gasteiger partial charge is 0.508 e. The van der Waals surface area contributed by atoms with Gasteiger partial charge in [-0.25, -0.2) is 0 Å². The second kappa shape index (κ2) is 4.47. The van der Waals surface area contributed by atoms with E-state index in [0.29, 0.717) is 12.2 Å². The summed E-state index contributed by atoms with van der Waals surface area (Å²) in [5.41, 5.74) is 12.6. The van der Waals surface area contributed by atoms with E-state index in [0.717, 1.165) is 11.1 Å². The van der Waals surface area contributed by atoms with Crippen molar-refractivity contribution in [3.63, 3.8) is 0 Å². The van der Waals surface area contributed by atoms with Crippen molar-refractivity contribution in [2.24, 2.45) is 11.5 Å². The molecule has 0 fully saturated rings. The van der Waals surface area contributed by atoms with Crippen LogP contribution >= 0.6 is 0 Å². The van der Waals surface area contributed by atoms with Gasteiger partial charge in [0.05, 0.1) is 6.26 Å². The highest BCUT2D eigenvalue weighted by Gasteiger charge is 2.19. The molecule has 1 aromatic rings. The van der Waals surface area contributed by atoms with Crippen LogP contribution in [-0.4, -0.2) is 17.1 Å². The minimum atomic E-state index is -0.444. The average Bonchev–Trinajstić information content (AvgIpc) is 2.27. The summed E-state index contributed by atoms with van der Waals surface area (Å²) >= 11 is 0. The topological polar surface area (TPSA) is 98.6 Å². The number of hydrogen-bond donors (Lipinski definition) is 3. The summed E-state index contributed by atoms with van der Waals surface area (Å²) in [6.07, 6.45) is 2.19. The molecule has 1 atom stereocenters. The van der Waals surface area contributed by atoms with Crippen LogP contribution in [-0.2, 0) is 11.2 Å². The molecule has 5 N–H and O–H groups in total. The van der Waals surface area contributed by atoms with Gasteiger partial charge in [0.15, 0.2) is 0 Å². The lowest BCUT2D eigenvalue weighted by atomic mass is 9.96. The molecule has 0 saturated heterocycles. The first kappa shape index (κ1) is 11.5. The maximum absolute atomic E-state index is 10.8. The van der Waals surface area contributed by atoms with Crippen LogP contribution < -0.4 is 16.2 Å². The first-order chi connectivity index (χ1) is 8.06. The molecule has 0 aliphatic carbocycles. The molecule has 1 amide bonds. The monoisotopic (exact) mass is 234 g/mol. The van der Waals surface area contributed by atoms with Gasteiger partial charge in [-0.2, -0.15) is 0 Å². The van der Waals surface area contributed by atoms with Crippen molar-refractivity contribution in [3.8, 4) is 11.5 Å². The minimum Gasteiger partial charge on any atom is -0.508 e. The molecule has 2 rings (SSSR count). The van der Waals surface area contributed by atoms with Gasteiger partial charge in [-0.05, 0) is 23.8 Å². The van der Waals surface area contributed by atoms with Gasteiger partial charge < -0.3 is 21.3 Å². The lowest BCUT2D eigenvalue weighted by molar-refractivity contribution is -0.118. The van der Waals surface area contributed by atoms with Crippen molar-refractivity contribution in [1.82, 2.24) is 0 Å². The van der Waals surface area contributed by atoms with Crippen LogP contribution in [0, 0.1) is 0 Å². The molecule has 1 heterocycles. The van der Waals surface area contributed by atoms with Crippen LogP contribution in [0.3, 0.4) is 0 Å². The Hall–Kier alpha value is -2.01. The van der Waals surface area contributed by atoms with Crippen molar-refractivity contribution < 1.29 is 14.6 Å². The smallest absolute Gasteiger partial charge is 0.219 e.